The van der Waals surface area contributed by atoms with Crippen LogP contribution in [0.15, 0.2) is 30.5 Å². The summed E-state index contributed by atoms with van der Waals surface area (Å²) in [5.74, 6) is 1.11. The molecule has 2 aromatic rings. The number of amides is 1. The average molecular weight is 332 g/mol. The number of rotatable bonds is 8. The smallest absolute Gasteiger partial charge is 0.274 e. The maximum Gasteiger partial charge on any atom is 0.274 e. The van der Waals surface area contributed by atoms with E-state index in [9.17, 15) is 4.79 Å². The molecular weight excluding hydrogens is 312 g/mol. The lowest BCUT2D eigenvalue weighted by Crippen LogP contribution is -2.17. The fourth-order valence-electron chi connectivity index (χ4n) is 1.93. The normalized spacial score (nSPS) is 10.1. The van der Waals surface area contributed by atoms with Gasteiger partial charge in [0, 0.05) is 25.9 Å². The van der Waals surface area contributed by atoms with Crippen molar-refractivity contribution in [3.63, 3.8) is 0 Å². The summed E-state index contributed by atoms with van der Waals surface area (Å²) in [4.78, 5) is 20.6. The molecule has 0 unspecified atom stereocenters. The van der Waals surface area contributed by atoms with E-state index in [2.05, 4.69) is 20.6 Å². The molecule has 1 aromatic heterocycles. The highest BCUT2D eigenvalue weighted by molar-refractivity contribution is 6.03. The fourth-order valence-corrected chi connectivity index (χ4v) is 1.93. The van der Waals surface area contributed by atoms with Crippen molar-refractivity contribution >= 4 is 17.5 Å². The number of benzene rings is 1. The molecule has 8 nitrogen and oxygen atoms in total. The van der Waals surface area contributed by atoms with Crippen molar-refractivity contribution < 1.29 is 19.0 Å². The van der Waals surface area contributed by atoms with Gasteiger partial charge < -0.3 is 24.8 Å². The van der Waals surface area contributed by atoms with Crippen LogP contribution >= 0.6 is 0 Å². The van der Waals surface area contributed by atoms with Gasteiger partial charge in [0.2, 0.25) is 5.95 Å². The first kappa shape index (κ1) is 17.5. The zero-order valence-electron chi connectivity index (χ0n) is 13.8. The average Bonchev–Trinajstić information content (AvgIpc) is 2.62. The van der Waals surface area contributed by atoms with E-state index in [4.69, 9.17) is 14.2 Å². The highest BCUT2D eigenvalue weighted by Crippen LogP contribution is 2.29. The van der Waals surface area contributed by atoms with Crippen molar-refractivity contribution in [1.82, 2.24) is 9.97 Å². The van der Waals surface area contributed by atoms with E-state index in [0.717, 1.165) is 0 Å². The Kier molecular flexibility index (Phi) is 6.32. The standard InChI is InChI=1S/C16H20N4O4/c1-22-9-8-18-16-17-7-6-12(20-16)15(21)19-13-10-11(23-2)4-5-14(13)24-3/h4-7,10H,8-9H2,1-3H3,(H,19,21)(H,17,18,20). The van der Waals surface area contributed by atoms with Crippen molar-refractivity contribution in [2.24, 2.45) is 0 Å². The van der Waals surface area contributed by atoms with Crippen molar-refractivity contribution in [1.29, 1.82) is 0 Å². The van der Waals surface area contributed by atoms with E-state index in [0.29, 0.717) is 36.3 Å². The molecular formula is C16H20N4O4. The van der Waals surface area contributed by atoms with Crippen LogP contribution < -0.4 is 20.1 Å². The molecule has 24 heavy (non-hydrogen) atoms. The minimum atomic E-state index is -0.376. The summed E-state index contributed by atoms with van der Waals surface area (Å²) in [6.07, 6.45) is 1.51. The molecule has 2 rings (SSSR count). The minimum absolute atomic E-state index is 0.231. The van der Waals surface area contributed by atoms with Gasteiger partial charge in [-0.15, -0.1) is 0 Å². The molecule has 0 spiro atoms. The number of nitrogens with zero attached hydrogens (tertiary/aromatic N) is 2. The van der Waals surface area contributed by atoms with Gasteiger partial charge >= 0.3 is 0 Å². The van der Waals surface area contributed by atoms with Crippen LogP contribution in [0.2, 0.25) is 0 Å². The zero-order chi connectivity index (χ0) is 17.4. The molecule has 0 bridgehead atoms. The second kappa shape index (κ2) is 8.68. The molecule has 8 heteroatoms. The first-order valence-corrected chi connectivity index (χ1v) is 7.27. The Morgan fingerprint density at radius 2 is 2.00 bits per heavy atom. The lowest BCUT2D eigenvalue weighted by Gasteiger charge is -2.12. The van der Waals surface area contributed by atoms with E-state index < -0.39 is 0 Å². The first-order valence-electron chi connectivity index (χ1n) is 7.27. The van der Waals surface area contributed by atoms with Crippen LogP contribution in [0.25, 0.3) is 0 Å². The van der Waals surface area contributed by atoms with E-state index in [-0.39, 0.29) is 11.6 Å². The van der Waals surface area contributed by atoms with E-state index in [1.54, 1.807) is 32.4 Å². The van der Waals surface area contributed by atoms with Crippen molar-refractivity contribution in [3.05, 3.63) is 36.2 Å². The number of nitrogens with one attached hydrogen (secondary N) is 2. The predicted molar refractivity (Wildman–Crippen MR) is 89.9 cm³/mol. The first-order chi connectivity index (χ1) is 11.7. The summed E-state index contributed by atoms with van der Waals surface area (Å²) in [5, 5.41) is 5.73. The van der Waals surface area contributed by atoms with Crippen LogP contribution in [-0.2, 0) is 4.74 Å². The number of carbonyl (C=O) groups excluding carboxylic acids is 1. The minimum Gasteiger partial charge on any atom is -0.497 e. The number of hydrogen-bond acceptors (Lipinski definition) is 7. The van der Waals surface area contributed by atoms with Crippen LogP contribution in [0.4, 0.5) is 11.6 Å². The number of hydrogen-bond donors (Lipinski definition) is 2. The predicted octanol–water partition coefficient (Wildman–Crippen LogP) is 1.80. The molecule has 1 amide bonds. The number of aromatic nitrogens is 2. The Bertz CT molecular complexity index is 694. The summed E-state index contributed by atoms with van der Waals surface area (Å²) >= 11 is 0. The third kappa shape index (κ3) is 4.56. The van der Waals surface area contributed by atoms with Crippen LogP contribution in [0.3, 0.4) is 0 Å². The van der Waals surface area contributed by atoms with Crippen LogP contribution in [0.5, 0.6) is 11.5 Å². The van der Waals surface area contributed by atoms with Gasteiger partial charge in [0.15, 0.2) is 0 Å². The molecule has 1 heterocycles. The summed E-state index contributed by atoms with van der Waals surface area (Å²) in [6, 6.07) is 6.67. The number of ether oxygens (including phenoxy) is 3. The SMILES string of the molecule is COCCNc1nccc(C(=O)Nc2cc(OC)ccc2OC)n1. The monoisotopic (exact) mass is 332 g/mol. The largest absolute Gasteiger partial charge is 0.497 e. The van der Waals surface area contributed by atoms with Gasteiger partial charge in [0.1, 0.15) is 17.2 Å². The quantitative estimate of drug-likeness (QED) is 0.712. The third-order valence-electron chi connectivity index (χ3n) is 3.13. The number of methoxy groups -OCH3 is 3. The molecule has 1 aromatic carbocycles. The maximum absolute atomic E-state index is 12.4. The Morgan fingerprint density at radius 1 is 1.17 bits per heavy atom. The summed E-state index contributed by atoms with van der Waals surface area (Å²) in [7, 11) is 4.68. The molecule has 0 atom stereocenters. The fraction of sp³-hybridized carbons (Fsp3) is 0.312. The molecule has 0 aliphatic heterocycles. The zero-order valence-corrected chi connectivity index (χ0v) is 13.8. The van der Waals surface area contributed by atoms with Gasteiger partial charge in [-0.05, 0) is 18.2 Å². The van der Waals surface area contributed by atoms with Gasteiger partial charge in [-0.2, -0.15) is 0 Å². The molecule has 0 saturated heterocycles. The summed E-state index contributed by atoms with van der Waals surface area (Å²) in [6.45, 7) is 1.06. The maximum atomic E-state index is 12.4. The highest BCUT2D eigenvalue weighted by Gasteiger charge is 2.13. The lowest BCUT2D eigenvalue weighted by atomic mass is 10.2. The van der Waals surface area contributed by atoms with Crippen LogP contribution in [0, 0.1) is 0 Å². The summed E-state index contributed by atoms with van der Waals surface area (Å²) < 4.78 is 15.3. The molecule has 0 radical (unpaired) electrons. The van der Waals surface area contributed by atoms with E-state index in [1.165, 1.54) is 19.4 Å². The van der Waals surface area contributed by atoms with Crippen molar-refractivity contribution in [2.45, 2.75) is 0 Å². The van der Waals surface area contributed by atoms with Gasteiger partial charge in [0.05, 0.1) is 26.5 Å². The molecule has 0 aliphatic carbocycles. The Balaban J connectivity index is 2.13. The molecule has 0 fully saturated rings. The number of carbonyl (C=O) groups is 1. The van der Waals surface area contributed by atoms with Crippen molar-refractivity contribution in [2.75, 3.05) is 45.1 Å². The molecule has 0 saturated carbocycles. The second-order valence-electron chi connectivity index (χ2n) is 4.71. The van der Waals surface area contributed by atoms with Gasteiger partial charge in [0.25, 0.3) is 5.91 Å². The Labute approximate surface area is 140 Å². The van der Waals surface area contributed by atoms with Crippen molar-refractivity contribution in [3.8, 4) is 11.5 Å². The van der Waals surface area contributed by atoms with E-state index in [1.807, 2.05) is 0 Å². The van der Waals surface area contributed by atoms with Gasteiger partial charge in [-0.3, -0.25) is 4.79 Å². The Hall–Kier alpha value is -2.87. The highest BCUT2D eigenvalue weighted by atomic mass is 16.5. The Morgan fingerprint density at radius 3 is 2.71 bits per heavy atom. The summed E-state index contributed by atoms with van der Waals surface area (Å²) in [5.41, 5.74) is 0.726. The van der Waals surface area contributed by atoms with Crippen LogP contribution in [-0.4, -0.2) is 50.4 Å². The number of anilines is 2. The van der Waals surface area contributed by atoms with Gasteiger partial charge in [-0.25, -0.2) is 9.97 Å². The molecule has 2 N–H and O–H groups in total. The van der Waals surface area contributed by atoms with Gasteiger partial charge in [-0.1, -0.05) is 0 Å². The lowest BCUT2D eigenvalue weighted by molar-refractivity contribution is 0.102. The topological polar surface area (TPSA) is 94.6 Å². The second-order valence-corrected chi connectivity index (χ2v) is 4.71. The van der Waals surface area contributed by atoms with Crippen LogP contribution in [0.1, 0.15) is 10.5 Å². The van der Waals surface area contributed by atoms with E-state index >= 15 is 0 Å². The molecule has 0 aliphatic rings. The molecule has 128 valence electrons. The third-order valence-corrected chi connectivity index (χ3v) is 3.13.